The third kappa shape index (κ3) is 4.71. The van der Waals surface area contributed by atoms with Crippen LogP contribution in [0.4, 0.5) is 5.69 Å². The molecule has 7 nitrogen and oxygen atoms in total. The van der Waals surface area contributed by atoms with E-state index in [-0.39, 0.29) is 34.7 Å². The molecule has 0 aliphatic carbocycles. The Morgan fingerprint density at radius 3 is 2.89 bits per heavy atom. The number of halogens is 1. The number of anilines is 1. The Labute approximate surface area is 162 Å². The molecule has 0 saturated carbocycles. The Hall–Kier alpha value is -2.29. The molecule has 2 aromatic rings. The van der Waals surface area contributed by atoms with Crippen LogP contribution in [0.3, 0.4) is 0 Å². The summed E-state index contributed by atoms with van der Waals surface area (Å²) in [4.78, 5) is 11.3. The maximum Gasteiger partial charge on any atom is 0.262 e. The Morgan fingerprint density at radius 2 is 2.11 bits per heavy atom. The fraction of sp³-hybridized carbons (Fsp3) is 0.278. The van der Waals surface area contributed by atoms with Crippen molar-refractivity contribution in [2.75, 3.05) is 25.6 Å². The number of sulfonamides is 1. The SMILES string of the molecule is COc1cccc(CCCNS(=O)(=O)c2cc3c(cc2Cl)NC(=O)CO3)c1. The van der Waals surface area contributed by atoms with Crippen molar-refractivity contribution in [3.63, 3.8) is 0 Å². The van der Waals surface area contributed by atoms with Crippen molar-refractivity contribution in [3.8, 4) is 11.5 Å². The van der Waals surface area contributed by atoms with Gasteiger partial charge in [-0.3, -0.25) is 4.79 Å². The highest BCUT2D eigenvalue weighted by atomic mass is 35.5. The maximum absolute atomic E-state index is 12.6. The van der Waals surface area contributed by atoms with Gasteiger partial charge in [0.15, 0.2) is 6.61 Å². The lowest BCUT2D eigenvalue weighted by Crippen LogP contribution is -2.27. The fourth-order valence-corrected chi connectivity index (χ4v) is 4.31. The smallest absolute Gasteiger partial charge is 0.262 e. The van der Waals surface area contributed by atoms with Crippen molar-refractivity contribution in [3.05, 3.63) is 47.0 Å². The van der Waals surface area contributed by atoms with Crippen molar-refractivity contribution < 1.29 is 22.7 Å². The molecule has 1 heterocycles. The van der Waals surface area contributed by atoms with Gasteiger partial charge in [0.2, 0.25) is 10.0 Å². The van der Waals surface area contributed by atoms with Crippen LogP contribution in [0, 0.1) is 0 Å². The largest absolute Gasteiger partial charge is 0.497 e. The summed E-state index contributed by atoms with van der Waals surface area (Å²) in [6, 6.07) is 10.3. The number of methoxy groups -OCH3 is 1. The number of aryl methyl sites for hydroxylation is 1. The molecule has 9 heteroatoms. The van der Waals surface area contributed by atoms with E-state index in [1.165, 1.54) is 12.1 Å². The van der Waals surface area contributed by atoms with Gasteiger partial charge in [-0.2, -0.15) is 0 Å². The Kier molecular flexibility index (Phi) is 5.88. The number of amides is 1. The lowest BCUT2D eigenvalue weighted by molar-refractivity contribution is -0.118. The first-order chi connectivity index (χ1) is 12.9. The van der Waals surface area contributed by atoms with Gasteiger partial charge < -0.3 is 14.8 Å². The number of carbonyl (C=O) groups excluding carboxylic acids is 1. The molecule has 0 aromatic heterocycles. The Balaban J connectivity index is 1.64. The molecule has 2 N–H and O–H groups in total. The minimum absolute atomic E-state index is 0.0137. The van der Waals surface area contributed by atoms with Crippen LogP contribution in [0.5, 0.6) is 11.5 Å². The van der Waals surface area contributed by atoms with Gasteiger partial charge in [-0.15, -0.1) is 0 Å². The van der Waals surface area contributed by atoms with Crippen LogP contribution in [0.2, 0.25) is 5.02 Å². The van der Waals surface area contributed by atoms with Gasteiger partial charge in [0, 0.05) is 12.6 Å². The van der Waals surface area contributed by atoms with Crippen LogP contribution in [0.15, 0.2) is 41.3 Å². The molecule has 0 fully saturated rings. The van der Waals surface area contributed by atoms with Gasteiger partial charge in [0.25, 0.3) is 5.91 Å². The van der Waals surface area contributed by atoms with Crippen molar-refractivity contribution in [1.82, 2.24) is 4.72 Å². The van der Waals surface area contributed by atoms with Gasteiger partial charge in [0.1, 0.15) is 16.4 Å². The summed E-state index contributed by atoms with van der Waals surface area (Å²) >= 11 is 6.10. The normalized spacial score (nSPS) is 13.5. The number of hydrogen-bond donors (Lipinski definition) is 2. The first kappa shape index (κ1) is 19.5. The molecule has 0 unspecified atom stereocenters. The van der Waals surface area contributed by atoms with Crippen LogP contribution in [-0.4, -0.2) is 34.6 Å². The number of benzene rings is 2. The molecule has 0 bridgehead atoms. The van der Waals surface area contributed by atoms with Gasteiger partial charge >= 0.3 is 0 Å². The third-order valence-electron chi connectivity index (χ3n) is 4.02. The summed E-state index contributed by atoms with van der Waals surface area (Å²) in [5, 5.41) is 2.60. The zero-order chi connectivity index (χ0) is 19.4. The predicted octanol–water partition coefficient (Wildman–Crippen LogP) is 2.59. The second kappa shape index (κ2) is 8.16. The number of ether oxygens (including phenoxy) is 2. The van der Waals surface area contributed by atoms with E-state index in [0.29, 0.717) is 18.5 Å². The van der Waals surface area contributed by atoms with E-state index in [9.17, 15) is 13.2 Å². The average molecular weight is 411 g/mol. The van der Waals surface area contributed by atoms with Crippen LogP contribution in [-0.2, 0) is 21.2 Å². The highest BCUT2D eigenvalue weighted by Gasteiger charge is 2.24. The van der Waals surface area contributed by atoms with Gasteiger partial charge in [0.05, 0.1) is 17.8 Å². The van der Waals surface area contributed by atoms with Crippen molar-refractivity contribution in [2.45, 2.75) is 17.7 Å². The quantitative estimate of drug-likeness (QED) is 0.684. The van der Waals surface area contributed by atoms with E-state index in [2.05, 4.69) is 10.0 Å². The van der Waals surface area contributed by atoms with Crippen molar-refractivity contribution >= 4 is 33.2 Å². The zero-order valence-electron chi connectivity index (χ0n) is 14.6. The molecule has 1 aliphatic rings. The lowest BCUT2D eigenvalue weighted by atomic mass is 10.1. The fourth-order valence-electron chi connectivity index (χ4n) is 2.69. The lowest BCUT2D eigenvalue weighted by Gasteiger charge is -2.19. The Morgan fingerprint density at radius 1 is 1.30 bits per heavy atom. The molecule has 27 heavy (non-hydrogen) atoms. The van der Waals surface area contributed by atoms with E-state index in [4.69, 9.17) is 21.1 Å². The highest BCUT2D eigenvalue weighted by Crippen LogP contribution is 2.35. The van der Waals surface area contributed by atoms with Crippen molar-refractivity contribution in [1.29, 1.82) is 0 Å². The molecular weight excluding hydrogens is 392 g/mol. The van der Waals surface area contributed by atoms with Gasteiger partial charge in [-0.1, -0.05) is 23.7 Å². The first-order valence-corrected chi connectivity index (χ1v) is 10.1. The number of hydrogen-bond acceptors (Lipinski definition) is 5. The standard InChI is InChI=1S/C18H19ClN2O5S/c1-25-13-6-2-4-12(8-13)5-3-7-20-27(23,24)17-10-16-15(9-14(17)19)21-18(22)11-26-16/h2,4,6,8-10,20H,3,5,7,11H2,1H3,(H,21,22). The second-order valence-electron chi connectivity index (χ2n) is 5.97. The Bertz CT molecular complexity index is 962. The number of rotatable bonds is 7. The number of nitrogens with one attached hydrogen (secondary N) is 2. The monoisotopic (exact) mass is 410 g/mol. The molecule has 0 spiro atoms. The van der Waals surface area contributed by atoms with E-state index in [1.54, 1.807) is 7.11 Å². The van der Waals surface area contributed by atoms with E-state index in [0.717, 1.165) is 11.3 Å². The highest BCUT2D eigenvalue weighted by molar-refractivity contribution is 7.89. The topological polar surface area (TPSA) is 93.7 Å². The van der Waals surface area contributed by atoms with Crippen molar-refractivity contribution in [2.24, 2.45) is 0 Å². The molecule has 3 rings (SSSR count). The number of fused-ring (bicyclic) bond motifs is 1. The number of carbonyl (C=O) groups is 1. The van der Waals surface area contributed by atoms with E-state index < -0.39 is 10.0 Å². The van der Waals surface area contributed by atoms with Crippen LogP contribution < -0.4 is 19.5 Å². The molecule has 0 atom stereocenters. The van der Waals surface area contributed by atoms with Gasteiger partial charge in [-0.25, -0.2) is 13.1 Å². The first-order valence-electron chi connectivity index (χ1n) is 8.28. The summed E-state index contributed by atoms with van der Waals surface area (Å²) in [7, 11) is -2.20. The maximum atomic E-state index is 12.6. The summed E-state index contributed by atoms with van der Waals surface area (Å²) in [5.41, 5.74) is 1.41. The summed E-state index contributed by atoms with van der Waals surface area (Å²) in [5.74, 6) is 0.724. The average Bonchev–Trinajstić information content (AvgIpc) is 2.64. The minimum atomic E-state index is -3.80. The van der Waals surface area contributed by atoms with Gasteiger partial charge in [-0.05, 0) is 36.6 Å². The molecule has 144 valence electrons. The molecule has 0 radical (unpaired) electrons. The third-order valence-corrected chi connectivity index (χ3v) is 5.95. The summed E-state index contributed by atoms with van der Waals surface area (Å²) in [6.45, 7) is 0.0899. The predicted molar refractivity (Wildman–Crippen MR) is 102 cm³/mol. The zero-order valence-corrected chi connectivity index (χ0v) is 16.2. The van der Waals surface area contributed by atoms with Crippen LogP contribution in [0.1, 0.15) is 12.0 Å². The second-order valence-corrected chi connectivity index (χ2v) is 8.11. The summed E-state index contributed by atoms with van der Waals surface area (Å²) < 4.78 is 38.1. The molecule has 1 aliphatic heterocycles. The summed E-state index contributed by atoms with van der Waals surface area (Å²) in [6.07, 6.45) is 1.31. The van der Waals surface area contributed by atoms with Crippen LogP contribution >= 0.6 is 11.6 Å². The minimum Gasteiger partial charge on any atom is -0.497 e. The van der Waals surface area contributed by atoms with E-state index >= 15 is 0 Å². The van der Waals surface area contributed by atoms with Crippen LogP contribution in [0.25, 0.3) is 0 Å². The molecular formula is C18H19ClN2O5S. The van der Waals surface area contributed by atoms with E-state index in [1.807, 2.05) is 24.3 Å². The molecule has 1 amide bonds. The molecule has 2 aromatic carbocycles. The molecule has 0 saturated heterocycles.